The van der Waals surface area contributed by atoms with Crippen LogP contribution in [-0.4, -0.2) is 22.6 Å². The number of aromatic nitrogens is 2. The molecule has 5 heteroatoms. The summed E-state index contributed by atoms with van der Waals surface area (Å²) in [6.45, 7) is 0. The molecular formula is C18H15FN2O2. The number of esters is 1. The zero-order valence-electron chi connectivity index (χ0n) is 12.8. The van der Waals surface area contributed by atoms with Gasteiger partial charge < -0.3 is 9.30 Å². The maximum atomic E-state index is 13.3. The first-order valence-corrected chi connectivity index (χ1v) is 7.05. The van der Waals surface area contributed by atoms with E-state index in [1.807, 2.05) is 18.3 Å². The van der Waals surface area contributed by atoms with Gasteiger partial charge in [0, 0.05) is 36.8 Å². The fraction of sp³-hybridized carbons (Fsp3) is 0.111. The molecule has 0 aliphatic heterocycles. The quantitative estimate of drug-likeness (QED) is 0.693. The summed E-state index contributed by atoms with van der Waals surface area (Å²) < 4.78 is 19.9. The van der Waals surface area contributed by atoms with Gasteiger partial charge in [-0.05, 0) is 35.4 Å². The van der Waals surface area contributed by atoms with E-state index >= 15 is 0 Å². The van der Waals surface area contributed by atoms with Crippen molar-refractivity contribution in [2.45, 2.75) is 0 Å². The molecule has 0 saturated carbocycles. The Hall–Kier alpha value is -2.95. The Bertz CT molecular complexity index is 839. The molecule has 0 aliphatic rings. The number of methoxy groups -OCH3 is 1. The summed E-state index contributed by atoms with van der Waals surface area (Å²) in [6.07, 6.45) is 5.24. The Morgan fingerprint density at radius 3 is 2.35 bits per heavy atom. The molecule has 0 spiro atoms. The molecule has 0 aliphatic carbocycles. The number of halogens is 1. The maximum Gasteiger partial charge on any atom is 0.355 e. The first-order chi connectivity index (χ1) is 11.1. The molecule has 0 radical (unpaired) electrons. The van der Waals surface area contributed by atoms with Crippen LogP contribution in [0.25, 0.3) is 22.3 Å². The van der Waals surface area contributed by atoms with Crippen molar-refractivity contribution in [1.82, 2.24) is 9.55 Å². The Morgan fingerprint density at radius 1 is 1.09 bits per heavy atom. The van der Waals surface area contributed by atoms with Crippen molar-refractivity contribution in [3.8, 4) is 22.3 Å². The van der Waals surface area contributed by atoms with Crippen LogP contribution in [0.3, 0.4) is 0 Å². The number of hydrogen-bond acceptors (Lipinski definition) is 3. The third kappa shape index (κ3) is 2.73. The molecule has 2 heterocycles. The molecule has 0 fully saturated rings. The highest BCUT2D eigenvalue weighted by Gasteiger charge is 2.23. The van der Waals surface area contributed by atoms with Gasteiger partial charge in [0.1, 0.15) is 11.5 Å². The summed E-state index contributed by atoms with van der Waals surface area (Å²) in [5.74, 6) is -0.762. The van der Waals surface area contributed by atoms with E-state index in [1.54, 1.807) is 36.1 Å². The van der Waals surface area contributed by atoms with E-state index in [0.717, 1.165) is 16.7 Å². The lowest BCUT2D eigenvalue weighted by Crippen LogP contribution is -2.08. The Labute approximate surface area is 133 Å². The van der Waals surface area contributed by atoms with Crippen LogP contribution >= 0.6 is 0 Å². The highest BCUT2D eigenvalue weighted by Crippen LogP contribution is 2.36. The van der Waals surface area contributed by atoms with Gasteiger partial charge in [0.15, 0.2) is 0 Å². The van der Waals surface area contributed by atoms with Crippen molar-refractivity contribution in [1.29, 1.82) is 0 Å². The monoisotopic (exact) mass is 310 g/mol. The lowest BCUT2D eigenvalue weighted by Gasteiger charge is -2.08. The van der Waals surface area contributed by atoms with Crippen LogP contribution in [0.5, 0.6) is 0 Å². The third-order valence-electron chi connectivity index (χ3n) is 3.68. The number of hydrogen-bond donors (Lipinski definition) is 0. The molecule has 2 aromatic heterocycles. The highest BCUT2D eigenvalue weighted by molar-refractivity contribution is 6.01. The summed E-state index contributed by atoms with van der Waals surface area (Å²) >= 11 is 0. The van der Waals surface area contributed by atoms with Gasteiger partial charge in [-0.15, -0.1) is 0 Å². The van der Waals surface area contributed by atoms with E-state index in [9.17, 15) is 9.18 Å². The largest absolute Gasteiger partial charge is 0.464 e. The second-order valence-corrected chi connectivity index (χ2v) is 5.11. The van der Waals surface area contributed by atoms with Crippen LogP contribution in [0, 0.1) is 5.82 Å². The number of pyridine rings is 1. The summed E-state index contributed by atoms with van der Waals surface area (Å²) in [7, 11) is 3.12. The van der Waals surface area contributed by atoms with Crippen LogP contribution in [0.4, 0.5) is 4.39 Å². The Morgan fingerprint density at radius 2 is 1.74 bits per heavy atom. The molecule has 23 heavy (non-hydrogen) atoms. The van der Waals surface area contributed by atoms with Gasteiger partial charge in [0.25, 0.3) is 0 Å². The molecule has 0 bridgehead atoms. The van der Waals surface area contributed by atoms with Crippen molar-refractivity contribution < 1.29 is 13.9 Å². The van der Waals surface area contributed by atoms with Crippen molar-refractivity contribution in [2.24, 2.45) is 7.05 Å². The van der Waals surface area contributed by atoms with Crippen LogP contribution in [0.2, 0.25) is 0 Å². The number of aryl methyl sites for hydroxylation is 1. The third-order valence-corrected chi connectivity index (χ3v) is 3.68. The zero-order chi connectivity index (χ0) is 16.4. The van der Waals surface area contributed by atoms with E-state index in [-0.39, 0.29) is 5.82 Å². The molecule has 4 nitrogen and oxygen atoms in total. The van der Waals surface area contributed by atoms with Crippen LogP contribution in [0.1, 0.15) is 10.5 Å². The van der Waals surface area contributed by atoms with Gasteiger partial charge in [-0.1, -0.05) is 12.1 Å². The fourth-order valence-electron chi connectivity index (χ4n) is 2.63. The summed E-state index contributed by atoms with van der Waals surface area (Å²) in [5.41, 5.74) is 3.67. The zero-order valence-corrected chi connectivity index (χ0v) is 12.8. The summed E-state index contributed by atoms with van der Waals surface area (Å²) in [6, 6.07) is 9.79. The van der Waals surface area contributed by atoms with Crippen LogP contribution < -0.4 is 0 Å². The smallest absolute Gasteiger partial charge is 0.355 e. The second kappa shape index (κ2) is 6.04. The molecule has 0 atom stereocenters. The predicted octanol–water partition coefficient (Wildman–Crippen LogP) is 3.68. The molecule has 0 saturated heterocycles. The maximum absolute atomic E-state index is 13.3. The van der Waals surface area contributed by atoms with Crippen molar-refractivity contribution in [3.63, 3.8) is 0 Å². The summed E-state index contributed by atoms with van der Waals surface area (Å²) in [5, 5.41) is 0. The molecule has 3 rings (SSSR count). The first-order valence-electron chi connectivity index (χ1n) is 7.05. The van der Waals surface area contributed by atoms with Gasteiger partial charge in [0.2, 0.25) is 0 Å². The molecule has 0 amide bonds. The number of ether oxygens (including phenoxy) is 1. The van der Waals surface area contributed by atoms with Crippen LogP contribution in [-0.2, 0) is 11.8 Å². The van der Waals surface area contributed by atoms with Gasteiger partial charge >= 0.3 is 5.97 Å². The standard InChI is InChI=1S/C18H15FN2O2/c1-21-11-15(12-7-9-20-10-8-12)16(17(21)18(22)23-2)13-3-5-14(19)6-4-13/h3-11H,1-2H3. The average Bonchev–Trinajstić information content (AvgIpc) is 2.93. The molecule has 116 valence electrons. The predicted molar refractivity (Wildman–Crippen MR) is 85.4 cm³/mol. The lowest BCUT2D eigenvalue weighted by atomic mass is 9.97. The molecule has 1 aromatic carbocycles. The summed E-state index contributed by atoms with van der Waals surface area (Å²) in [4.78, 5) is 16.2. The van der Waals surface area contributed by atoms with E-state index in [1.165, 1.54) is 19.2 Å². The lowest BCUT2D eigenvalue weighted by molar-refractivity contribution is 0.0591. The van der Waals surface area contributed by atoms with E-state index in [2.05, 4.69) is 4.98 Å². The number of rotatable bonds is 3. The topological polar surface area (TPSA) is 44.1 Å². The average molecular weight is 310 g/mol. The number of carbonyl (C=O) groups excluding carboxylic acids is 1. The number of carbonyl (C=O) groups is 1. The van der Waals surface area contributed by atoms with Crippen LogP contribution in [0.15, 0.2) is 55.0 Å². The first kappa shape index (κ1) is 15.0. The van der Waals surface area contributed by atoms with Gasteiger partial charge in [-0.25, -0.2) is 9.18 Å². The molecule has 0 N–H and O–H groups in total. The highest BCUT2D eigenvalue weighted by atomic mass is 19.1. The minimum absolute atomic E-state index is 0.324. The van der Waals surface area contributed by atoms with Gasteiger partial charge in [0.05, 0.1) is 7.11 Å². The second-order valence-electron chi connectivity index (χ2n) is 5.11. The van der Waals surface area contributed by atoms with E-state index in [4.69, 9.17) is 4.74 Å². The Kier molecular flexibility index (Phi) is 3.93. The number of benzene rings is 1. The SMILES string of the molecule is COC(=O)c1c(-c2ccc(F)cc2)c(-c2ccncc2)cn1C. The normalized spacial score (nSPS) is 10.6. The molecule has 0 unspecified atom stereocenters. The van der Waals surface area contributed by atoms with Crippen molar-refractivity contribution in [3.05, 3.63) is 66.5 Å². The van der Waals surface area contributed by atoms with Crippen molar-refractivity contribution >= 4 is 5.97 Å². The molecule has 3 aromatic rings. The fourth-order valence-corrected chi connectivity index (χ4v) is 2.63. The Balaban J connectivity index is 2.29. The van der Waals surface area contributed by atoms with E-state index < -0.39 is 5.97 Å². The van der Waals surface area contributed by atoms with Gasteiger partial charge in [-0.2, -0.15) is 0 Å². The minimum atomic E-state index is -0.438. The van der Waals surface area contributed by atoms with E-state index in [0.29, 0.717) is 11.3 Å². The minimum Gasteiger partial charge on any atom is -0.464 e. The van der Waals surface area contributed by atoms with Gasteiger partial charge in [-0.3, -0.25) is 4.98 Å². The number of nitrogens with zero attached hydrogens (tertiary/aromatic N) is 2. The molecular weight excluding hydrogens is 295 g/mol. The van der Waals surface area contributed by atoms with Crippen molar-refractivity contribution in [2.75, 3.05) is 7.11 Å².